The van der Waals surface area contributed by atoms with Crippen molar-refractivity contribution in [3.05, 3.63) is 30.3 Å². The van der Waals surface area contributed by atoms with Crippen LogP contribution in [0.3, 0.4) is 0 Å². The number of hydrogen-bond acceptors (Lipinski definition) is 2. The van der Waals surface area contributed by atoms with Gasteiger partial charge in [-0.25, -0.2) is 0 Å². The largest absolute Gasteiger partial charge is 0.488 e. The average molecular weight is 264 g/mol. The molecule has 0 saturated carbocycles. The maximum Gasteiger partial charge on any atom is 0.488 e. The minimum Gasteiger partial charge on any atom is -0.423 e. The first-order valence-electron chi connectivity index (χ1n) is 7.63. The molecule has 3 heteroatoms. The third-order valence-corrected chi connectivity index (χ3v) is 3.05. The van der Waals surface area contributed by atoms with E-state index in [2.05, 4.69) is 13.8 Å². The Hall–Kier alpha value is -0.795. The van der Waals surface area contributed by atoms with Crippen LogP contribution in [0.1, 0.15) is 65.2 Å². The highest BCUT2D eigenvalue weighted by atomic mass is 16.4. The Morgan fingerprint density at radius 1 is 0.737 bits per heavy atom. The van der Waals surface area contributed by atoms with Crippen molar-refractivity contribution in [2.24, 2.45) is 0 Å². The van der Waals surface area contributed by atoms with Crippen LogP contribution in [0.5, 0.6) is 0 Å². The van der Waals surface area contributed by atoms with Gasteiger partial charge >= 0.3 is 7.12 Å². The minimum atomic E-state index is -1.34. The van der Waals surface area contributed by atoms with E-state index < -0.39 is 7.12 Å². The summed E-state index contributed by atoms with van der Waals surface area (Å²) >= 11 is 0. The zero-order valence-corrected chi connectivity index (χ0v) is 12.5. The van der Waals surface area contributed by atoms with Crippen molar-refractivity contribution < 1.29 is 10.0 Å². The molecule has 1 aromatic carbocycles. The van der Waals surface area contributed by atoms with Gasteiger partial charge in [0, 0.05) is 0 Å². The summed E-state index contributed by atoms with van der Waals surface area (Å²) in [5.41, 5.74) is 0.525. The van der Waals surface area contributed by atoms with Crippen LogP contribution in [-0.4, -0.2) is 17.2 Å². The smallest absolute Gasteiger partial charge is 0.423 e. The Labute approximate surface area is 119 Å². The molecular formula is C16H29BO2. The van der Waals surface area contributed by atoms with Gasteiger partial charge in [-0.1, -0.05) is 95.5 Å². The molecule has 0 bridgehead atoms. The first-order chi connectivity index (χ1) is 9.22. The molecule has 0 aromatic heterocycles. The lowest BCUT2D eigenvalue weighted by atomic mass is 9.81. The van der Waals surface area contributed by atoms with Crippen molar-refractivity contribution in [1.29, 1.82) is 0 Å². The molecule has 0 aliphatic heterocycles. The third kappa shape index (κ3) is 12.0. The first kappa shape index (κ1) is 18.2. The lowest BCUT2D eigenvalue weighted by molar-refractivity contribution is 0.426. The second-order valence-electron chi connectivity index (χ2n) is 4.91. The molecule has 108 valence electrons. The normalized spacial score (nSPS) is 9.68. The topological polar surface area (TPSA) is 40.5 Å². The lowest BCUT2D eigenvalue weighted by Gasteiger charge is -1.97. The molecule has 0 saturated heterocycles. The van der Waals surface area contributed by atoms with Crippen molar-refractivity contribution in [1.82, 2.24) is 0 Å². The molecule has 1 aromatic rings. The summed E-state index contributed by atoms with van der Waals surface area (Å²) in [4.78, 5) is 0. The Morgan fingerprint density at radius 2 is 1.16 bits per heavy atom. The molecular weight excluding hydrogens is 235 g/mol. The van der Waals surface area contributed by atoms with Crippen molar-refractivity contribution in [2.75, 3.05) is 0 Å². The first-order valence-corrected chi connectivity index (χ1v) is 7.63. The van der Waals surface area contributed by atoms with Crippen molar-refractivity contribution in [3.63, 3.8) is 0 Å². The van der Waals surface area contributed by atoms with Gasteiger partial charge in [0.25, 0.3) is 0 Å². The van der Waals surface area contributed by atoms with Crippen molar-refractivity contribution >= 4 is 12.6 Å². The summed E-state index contributed by atoms with van der Waals surface area (Å²) in [6.45, 7) is 4.54. The van der Waals surface area contributed by atoms with E-state index >= 15 is 0 Å². The highest BCUT2D eigenvalue weighted by molar-refractivity contribution is 6.58. The fraction of sp³-hybridized carbons (Fsp3) is 0.625. The number of hydrogen-bond donors (Lipinski definition) is 2. The van der Waals surface area contributed by atoms with Crippen LogP contribution >= 0.6 is 0 Å². The Balaban J connectivity index is 0.000000342. The zero-order chi connectivity index (χ0) is 14.3. The van der Waals surface area contributed by atoms with Crippen LogP contribution in [0.4, 0.5) is 0 Å². The standard InChI is InChI=1S/C10H22.C6H7BO2/c1-3-5-7-9-10-8-6-4-2;8-7(9)6-4-2-1-3-5-6/h3-10H2,1-2H3;1-5,8-9H. The molecule has 0 spiro atoms. The molecule has 0 radical (unpaired) electrons. The van der Waals surface area contributed by atoms with Crippen LogP contribution in [-0.2, 0) is 0 Å². The monoisotopic (exact) mass is 264 g/mol. The molecule has 2 nitrogen and oxygen atoms in total. The fourth-order valence-corrected chi connectivity index (χ4v) is 1.83. The van der Waals surface area contributed by atoms with E-state index in [0.29, 0.717) is 5.46 Å². The zero-order valence-electron chi connectivity index (χ0n) is 12.5. The summed E-state index contributed by atoms with van der Waals surface area (Å²) in [5.74, 6) is 0. The van der Waals surface area contributed by atoms with Crippen molar-refractivity contribution in [3.8, 4) is 0 Å². The van der Waals surface area contributed by atoms with E-state index in [-0.39, 0.29) is 0 Å². The molecule has 19 heavy (non-hydrogen) atoms. The van der Waals surface area contributed by atoms with E-state index in [1.54, 1.807) is 24.3 Å². The van der Waals surface area contributed by atoms with Gasteiger partial charge in [-0.05, 0) is 5.46 Å². The molecule has 0 atom stereocenters. The molecule has 0 fully saturated rings. The van der Waals surface area contributed by atoms with Gasteiger partial charge in [-0.2, -0.15) is 0 Å². The predicted molar refractivity (Wildman–Crippen MR) is 84.6 cm³/mol. The van der Waals surface area contributed by atoms with E-state index in [0.717, 1.165) is 0 Å². The van der Waals surface area contributed by atoms with E-state index in [1.807, 2.05) is 6.07 Å². The van der Waals surface area contributed by atoms with Crippen LogP contribution in [0, 0.1) is 0 Å². The van der Waals surface area contributed by atoms with E-state index in [1.165, 1.54) is 51.4 Å². The Morgan fingerprint density at radius 3 is 1.47 bits per heavy atom. The lowest BCUT2D eigenvalue weighted by Crippen LogP contribution is -2.29. The van der Waals surface area contributed by atoms with Gasteiger partial charge in [0.2, 0.25) is 0 Å². The van der Waals surface area contributed by atoms with Gasteiger partial charge in [-0.15, -0.1) is 0 Å². The average Bonchev–Trinajstić information content (AvgIpc) is 2.44. The minimum absolute atomic E-state index is 0.525. The van der Waals surface area contributed by atoms with Crippen LogP contribution < -0.4 is 5.46 Å². The Kier molecular flexibility index (Phi) is 13.1. The Bertz CT molecular complexity index is 267. The van der Waals surface area contributed by atoms with Crippen LogP contribution in [0.2, 0.25) is 0 Å². The molecule has 0 aliphatic rings. The third-order valence-electron chi connectivity index (χ3n) is 3.05. The number of benzene rings is 1. The molecule has 0 aliphatic carbocycles. The van der Waals surface area contributed by atoms with Crippen LogP contribution in [0.25, 0.3) is 0 Å². The summed E-state index contributed by atoms with van der Waals surface area (Å²) in [7, 11) is -1.34. The molecule has 0 unspecified atom stereocenters. The van der Waals surface area contributed by atoms with Gasteiger partial charge in [0.1, 0.15) is 0 Å². The second kappa shape index (κ2) is 13.6. The summed E-state index contributed by atoms with van der Waals surface area (Å²) in [6.07, 6.45) is 11.5. The fourth-order valence-electron chi connectivity index (χ4n) is 1.83. The molecule has 2 N–H and O–H groups in total. The van der Waals surface area contributed by atoms with Gasteiger partial charge in [0.05, 0.1) is 0 Å². The maximum atomic E-state index is 8.58. The summed E-state index contributed by atoms with van der Waals surface area (Å²) in [6, 6.07) is 8.66. The van der Waals surface area contributed by atoms with Gasteiger partial charge in [-0.3, -0.25) is 0 Å². The second-order valence-corrected chi connectivity index (χ2v) is 4.91. The van der Waals surface area contributed by atoms with Gasteiger partial charge < -0.3 is 10.0 Å². The van der Waals surface area contributed by atoms with Crippen molar-refractivity contribution in [2.45, 2.75) is 65.2 Å². The maximum absolute atomic E-state index is 8.58. The van der Waals surface area contributed by atoms with Gasteiger partial charge in [0.15, 0.2) is 0 Å². The predicted octanol–water partition coefficient (Wildman–Crippen LogP) is 3.51. The SMILES string of the molecule is CCCCCCCCCC.OB(O)c1ccccc1. The molecule has 0 heterocycles. The summed E-state index contributed by atoms with van der Waals surface area (Å²) in [5, 5.41) is 17.2. The molecule has 0 amide bonds. The highest BCUT2D eigenvalue weighted by Crippen LogP contribution is 2.07. The van der Waals surface area contributed by atoms with Crippen LogP contribution in [0.15, 0.2) is 30.3 Å². The van der Waals surface area contributed by atoms with E-state index in [4.69, 9.17) is 10.0 Å². The highest BCUT2D eigenvalue weighted by Gasteiger charge is 2.07. The molecule has 1 rings (SSSR count). The van der Waals surface area contributed by atoms with E-state index in [9.17, 15) is 0 Å². The summed E-state index contributed by atoms with van der Waals surface area (Å²) < 4.78 is 0. The number of unbranched alkanes of at least 4 members (excludes halogenated alkanes) is 7. The quantitative estimate of drug-likeness (QED) is 0.557. The number of rotatable bonds is 8.